The third-order valence-electron chi connectivity index (χ3n) is 4.92. The Morgan fingerprint density at radius 1 is 0.935 bits per heavy atom. The molecule has 0 aromatic heterocycles. The molecule has 8 N–H and O–H groups in total. The van der Waals surface area contributed by atoms with Gasteiger partial charge in [0, 0.05) is 12.2 Å². The predicted octanol–water partition coefficient (Wildman–Crippen LogP) is -1.25. The fourth-order valence-electron chi connectivity index (χ4n) is 2.57. The predicted molar refractivity (Wildman–Crippen MR) is 118 cm³/mol. The van der Waals surface area contributed by atoms with Gasteiger partial charge in [0.1, 0.15) is 18.1 Å². The average Bonchev–Trinajstić information content (AvgIpc) is 2.70. The Morgan fingerprint density at radius 2 is 1.45 bits per heavy atom. The Labute approximate surface area is 187 Å². The van der Waals surface area contributed by atoms with Gasteiger partial charge in [0.05, 0.1) is 6.04 Å². The molecule has 0 saturated heterocycles. The number of nitrogens with two attached hydrogens (primary N) is 2. The zero-order valence-electron chi connectivity index (χ0n) is 18.4. The van der Waals surface area contributed by atoms with Crippen molar-refractivity contribution in [1.82, 2.24) is 16.0 Å². The molecule has 0 aliphatic carbocycles. The first-order chi connectivity index (χ1) is 14.3. The summed E-state index contributed by atoms with van der Waals surface area (Å²) in [5, 5.41) is 16.5. The highest BCUT2D eigenvalue weighted by Gasteiger charge is 2.31. The highest BCUT2D eigenvalue weighted by molar-refractivity contribution is 7.80. The van der Waals surface area contributed by atoms with Crippen molar-refractivity contribution in [3.63, 3.8) is 0 Å². The van der Waals surface area contributed by atoms with Crippen LogP contribution in [0.1, 0.15) is 47.0 Å². The largest absolute Gasteiger partial charge is 0.480 e. The number of hydrogen-bond donors (Lipinski definition) is 7. The number of nitrogens with one attached hydrogen (secondary N) is 3. The normalized spacial score (nSPS) is 15.8. The number of aliphatic carboxylic acids is 1. The second kappa shape index (κ2) is 13.9. The Bertz CT molecular complexity index is 660. The second-order valence-corrected chi connectivity index (χ2v) is 8.15. The number of amides is 4. The number of primary amides is 1. The van der Waals surface area contributed by atoms with Crippen LogP contribution in [0.25, 0.3) is 0 Å². The number of hydrogen-bond acceptors (Lipinski definition) is 7. The van der Waals surface area contributed by atoms with Crippen molar-refractivity contribution in [2.75, 3.05) is 5.75 Å². The minimum absolute atomic E-state index is 0.0925. The minimum Gasteiger partial charge on any atom is -0.480 e. The van der Waals surface area contributed by atoms with Crippen molar-refractivity contribution in [2.45, 2.75) is 71.1 Å². The van der Waals surface area contributed by atoms with Crippen LogP contribution in [-0.4, -0.2) is 64.6 Å². The summed E-state index contributed by atoms with van der Waals surface area (Å²) >= 11 is 4.05. The summed E-state index contributed by atoms with van der Waals surface area (Å²) in [6, 6.07) is -4.33. The van der Waals surface area contributed by atoms with E-state index in [9.17, 15) is 29.1 Å². The van der Waals surface area contributed by atoms with Gasteiger partial charge in [-0.1, -0.05) is 34.1 Å². The number of carboxylic acid groups (broad SMARTS) is 1. The maximum absolute atomic E-state index is 12.7. The molecule has 0 aromatic rings. The standard InChI is InChI=1S/C19H35N5O6S/c1-5-10(4)14(21)18(28)22-11(6-7-13(20)25)16(26)23-12(8-31)17(27)24-15(9(2)3)19(29)30/h9-12,14-15,31H,5-8,21H2,1-4H3,(H2,20,25)(H,22,28)(H,23,26)(H,24,27)(H,29,30). The van der Waals surface area contributed by atoms with Crippen molar-refractivity contribution in [2.24, 2.45) is 23.3 Å². The van der Waals surface area contributed by atoms with Crippen LogP contribution < -0.4 is 27.4 Å². The summed E-state index contributed by atoms with van der Waals surface area (Å²) < 4.78 is 0. The van der Waals surface area contributed by atoms with E-state index in [1.165, 1.54) is 0 Å². The van der Waals surface area contributed by atoms with E-state index in [-0.39, 0.29) is 30.4 Å². The van der Waals surface area contributed by atoms with Gasteiger partial charge in [0.15, 0.2) is 0 Å². The molecule has 0 fully saturated rings. The summed E-state index contributed by atoms with van der Waals surface area (Å²) in [5.74, 6) is -4.57. The third-order valence-corrected chi connectivity index (χ3v) is 5.28. The molecule has 31 heavy (non-hydrogen) atoms. The molecule has 5 atom stereocenters. The first-order valence-electron chi connectivity index (χ1n) is 10.1. The van der Waals surface area contributed by atoms with E-state index in [0.29, 0.717) is 6.42 Å². The van der Waals surface area contributed by atoms with Gasteiger partial charge in [-0.25, -0.2) is 4.79 Å². The first-order valence-corrected chi connectivity index (χ1v) is 10.8. The summed E-state index contributed by atoms with van der Waals surface area (Å²) in [6.07, 6.45) is 0.378. The second-order valence-electron chi connectivity index (χ2n) is 7.79. The molecule has 4 amide bonds. The molecule has 0 bridgehead atoms. The first kappa shape index (κ1) is 28.7. The highest BCUT2D eigenvalue weighted by atomic mass is 32.1. The third kappa shape index (κ3) is 10.0. The van der Waals surface area contributed by atoms with Gasteiger partial charge >= 0.3 is 5.97 Å². The van der Waals surface area contributed by atoms with E-state index in [1.807, 2.05) is 6.92 Å². The van der Waals surface area contributed by atoms with E-state index < -0.39 is 53.8 Å². The summed E-state index contributed by atoms with van der Waals surface area (Å²) in [6.45, 7) is 6.91. The zero-order chi connectivity index (χ0) is 24.3. The quantitative estimate of drug-likeness (QED) is 0.157. The van der Waals surface area contributed by atoms with Gasteiger partial charge in [-0.2, -0.15) is 12.6 Å². The summed E-state index contributed by atoms with van der Waals surface area (Å²) in [4.78, 5) is 60.0. The lowest BCUT2D eigenvalue weighted by Gasteiger charge is -2.26. The van der Waals surface area contributed by atoms with Crippen LogP contribution in [-0.2, 0) is 24.0 Å². The molecule has 5 unspecified atom stereocenters. The molecule has 0 heterocycles. The number of rotatable bonds is 14. The number of carboxylic acids is 1. The van der Waals surface area contributed by atoms with Crippen LogP contribution in [0.2, 0.25) is 0 Å². The molecule has 0 saturated carbocycles. The SMILES string of the molecule is CCC(C)C(N)C(=O)NC(CCC(N)=O)C(=O)NC(CS)C(=O)NC(C(=O)O)C(C)C. The maximum atomic E-state index is 12.7. The topological polar surface area (TPSA) is 194 Å². The Hall–Kier alpha value is -2.34. The number of carbonyl (C=O) groups is 5. The highest BCUT2D eigenvalue weighted by Crippen LogP contribution is 2.08. The van der Waals surface area contributed by atoms with Crippen LogP contribution in [0.3, 0.4) is 0 Å². The summed E-state index contributed by atoms with van der Waals surface area (Å²) in [7, 11) is 0. The lowest BCUT2D eigenvalue weighted by molar-refractivity contribution is -0.143. The maximum Gasteiger partial charge on any atom is 0.326 e. The smallest absolute Gasteiger partial charge is 0.326 e. The molecule has 0 aliphatic rings. The molecule has 0 rings (SSSR count). The molecule has 0 aliphatic heterocycles. The number of thiol groups is 1. The van der Waals surface area contributed by atoms with E-state index in [4.69, 9.17) is 11.5 Å². The van der Waals surface area contributed by atoms with Crippen LogP contribution in [0.5, 0.6) is 0 Å². The van der Waals surface area contributed by atoms with Crippen molar-refractivity contribution in [3.8, 4) is 0 Å². The lowest BCUT2D eigenvalue weighted by atomic mass is 9.98. The summed E-state index contributed by atoms with van der Waals surface area (Å²) in [5.41, 5.74) is 11.0. The molecular formula is C19H35N5O6S. The molecule has 0 radical (unpaired) electrons. The average molecular weight is 462 g/mol. The van der Waals surface area contributed by atoms with Crippen molar-refractivity contribution >= 4 is 42.2 Å². The fourth-order valence-corrected chi connectivity index (χ4v) is 2.83. The van der Waals surface area contributed by atoms with Crippen molar-refractivity contribution in [1.29, 1.82) is 0 Å². The molecule has 0 aromatic carbocycles. The van der Waals surface area contributed by atoms with Gasteiger partial charge in [0.25, 0.3) is 0 Å². The molecular weight excluding hydrogens is 426 g/mol. The zero-order valence-corrected chi connectivity index (χ0v) is 19.3. The fraction of sp³-hybridized carbons (Fsp3) is 0.737. The monoisotopic (exact) mass is 461 g/mol. The van der Waals surface area contributed by atoms with Crippen molar-refractivity contribution in [3.05, 3.63) is 0 Å². The molecule has 0 spiro atoms. The van der Waals surface area contributed by atoms with Crippen LogP contribution in [0, 0.1) is 11.8 Å². The minimum atomic E-state index is -1.21. The van der Waals surface area contributed by atoms with Gasteiger partial charge in [-0.05, 0) is 18.3 Å². The molecule has 12 heteroatoms. The number of carbonyl (C=O) groups excluding carboxylic acids is 4. The lowest BCUT2D eigenvalue weighted by Crippen LogP contribution is -2.58. The van der Waals surface area contributed by atoms with Crippen LogP contribution >= 0.6 is 12.6 Å². The Morgan fingerprint density at radius 3 is 1.87 bits per heavy atom. The molecule has 11 nitrogen and oxygen atoms in total. The van der Waals surface area contributed by atoms with Gasteiger partial charge in [-0.15, -0.1) is 0 Å². The van der Waals surface area contributed by atoms with E-state index in [2.05, 4.69) is 28.6 Å². The Balaban J connectivity index is 5.34. The van der Waals surface area contributed by atoms with Gasteiger partial charge in [-0.3, -0.25) is 19.2 Å². The van der Waals surface area contributed by atoms with E-state index >= 15 is 0 Å². The van der Waals surface area contributed by atoms with E-state index in [0.717, 1.165) is 0 Å². The Kier molecular flexibility index (Phi) is 12.8. The molecule has 178 valence electrons. The van der Waals surface area contributed by atoms with Crippen LogP contribution in [0.15, 0.2) is 0 Å². The van der Waals surface area contributed by atoms with Crippen LogP contribution in [0.4, 0.5) is 0 Å². The van der Waals surface area contributed by atoms with E-state index in [1.54, 1.807) is 20.8 Å². The van der Waals surface area contributed by atoms with Gasteiger partial charge in [0.2, 0.25) is 23.6 Å². The van der Waals surface area contributed by atoms with Gasteiger partial charge < -0.3 is 32.5 Å². The van der Waals surface area contributed by atoms with Crippen molar-refractivity contribution < 1.29 is 29.1 Å².